The molecule has 4 N–H and O–H groups in total. The molecule has 4 amide bonds. The zero-order chi connectivity index (χ0) is 31.8. The van der Waals surface area contributed by atoms with Gasteiger partial charge in [-0.25, -0.2) is 0 Å². The van der Waals surface area contributed by atoms with Crippen LogP contribution in [-0.2, 0) is 24.0 Å². The van der Waals surface area contributed by atoms with E-state index in [4.69, 9.17) is 0 Å². The molecule has 238 valence electrons. The van der Waals surface area contributed by atoms with Gasteiger partial charge >= 0.3 is 0 Å². The minimum Gasteiger partial charge on any atom is -0.361 e. The molecule has 1 aromatic heterocycles. The third kappa shape index (κ3) is 7.54. The van der Waals surface area contributed by atoms with Gasteiger partial charge in [-0.15, -0.1) is 0 Å². The van der Waals surface area contributed by atoms with E-state index < -0.39 is 47.3 Å². The number of unbranched alkanes of at least 4 members (excludes halogenated alkanes) is 2. The lowest BCUT2D eigenvalue weighted by molar-refractivity contribution is -0.147. The fraction of sp³-hybridized carbons (Fsp3) is 0.576. The molecule has 0 saturated carbocycles. The number of aromatic amines is 1. The van der Waals surface area contributed by atoms with Crippen LogP contribution in [0.15, 0.2) is 35.3 Å². The molecule has 3 heterocycles. The van der Waals surface area contributed by atoms with Crippen molar-refractivity contribution in [1.82, 2.24) is 25.8 Å². The summed E-state index contributed by atoms with van der Waals surface area (Å²) in [6, 6.07) is 2.78. The Bertz CT molecular complexity index is 1440. The Balaban J connectivity index is 1.71. The van der Waals surface area contributed by atoms with E-state index >= 15 is 0 Å². The van der Waals surface area contributed by atoms with Crippen LogP contribution in [0.4, 0.5) is 0 Å². The molecule has 0 bridgehead atoms. The lowest BCUT2D eigenvalue weighted by Crippen LogP contribution is -2.62. The van der Waals surface area contributed by atoms with Crippen molar-refractivity contribution in [2.45, 2.75) is 109 Å². The molecular weight excluding hydrogens is 562 g/mol. The number of piperidine rings is 1. The molecule has 2 fully saturated rings. The summed E-state index contributed by atoms with van der Waals surface area (Å²) in [5.74, 6) is -2.11. The van der Waals surface area contributed by atoms with Crippen LogP contribution in [0.2, 0.25) is 0 Å². The highest BCUT2D eigenvalue weighted by Crippen LogP contribution is 2.23. The third-order valence-electron chi connectivity index (χ3n) is 9.02. The molecule has 44 heavy (non-hydrogen) atoms. The lowest BCUT2D eigenvalue weighted by atomic mass is 9.93. The van der Waals surface area contributed by atoms with Crippen molar-refractivity contribution in [3.63, 3.8) is 0 Å². The number of carbonyl (C=O) groups is 5. The summed E-state index contributed by atoms with van der Waals surface area (Å²) >= 11 is 0. The number of Topliss-reactive ketones (excluding diaryl/α,β-unsaturated/α-hetero) is 1. The van der Waals surface area contributed by atoms with Gasteiger partial charge in [0.15, 0.2) is 5.43 Å². The number of carbonyl (C=O) groups excluding carboxylic acids is 5. The second-order valence-electron chi connectivity index (χ2n) is 12.0. The molecule has 4 rings (SSSR count). The van der Waals surface area contributed by atoms with Crippen molar-refractivity contribution in [3.8, 4) is 0 Å². The Morgan fingerprint density at radius 2 is 1.70 bits per heavy atom. The summed E-state index contributed by atoms with van der Waals surface area (Å²) < 4.78 is 0. The van der Waals surface area contributed by atoms with Crippen LogP contribution >= 0.6 is 0 Å². The summed E-state index contributed by atoms with van der Waals surface area (Å²) in [5.41, 5.74) is 0.188. The summed E-state index contributed by atoms with van der Waals surface area (Å²) in [6.07, 6.45) is 7.09. The monoisotopic (exact) mass is 607 g/mol. The molecule has 5 atom stereocenters. The van der Waals surface area contributed by atoms with Gasteiger partial charge in [-0.3, -0.25) is 28.8 Å². The number of para-hydroxylation sites is 1. The lowest BCUT2D eigenvalue weighted by Gasteiger charge is -2.39. The summed E-state index contributed by atoms with van der Waals surface area (Å²) in [6.45, 7) is 5.96. The van der Waals surface area contributed by atoms with Crippen LogP contribution in [0.1, 0.15) is 96.6 Å². The molecule has 0 aliphatic carbocycles. The maximum atomic E-state index is 14.0. The van der Waals surface area contributed by atoms with Crippen LogP contribution in [0, 0.1) is 5.92 Å². The number of H-pyrrole nitrogens is 1. The highest BCUT2D eigenvalue weighted by atomic mass is 16.2. The first kappa shape index (κ1) is 32.9. The summed E-state index contributed by atoms with van der Waals surface area (Å²) in [7, 11) is 0. The van der Waals surface area contributed by atoms with E-state index in [1.54, 1.807) is 29.2 Å². The largest absolute Gasteiger partial charge is 0.361 e. The number of hydrogen-bond donors (Lipinski definition) is 4. The second-order valence-corrected chi connectivity index (χ2v) is 12.0. The average Bonchev–Trinajstić information content (AvgIpc) is 3.04. The quantitative estimate of drug-likeness (QED) is 0.304. The molecule has 11 nitrogen and oxygen atoms in total. The Morgan fingerprint density at radius 3 is 2.45 bits per heavy atom. The predicted molar refractivity (Wildman–Crippen MR) is 167 cm³/mol. The average molecular weight is 608 g/mol. The van der Waals surface area contributed by atoms with E-state index in [0.29, 0.717) is 62.4 Å². The Labute approximate surface area is 257 Å². The number of hydrogen-bond acceptors (Lipinski definition) is 6. The van der Waals surface area contributed by atoms with E-state index in [9.17, 15) is 28.8 Å². The Kier molecular flexibility index (Phi) is 11.3. The third-order valence-corrected chi connectivity index (χ3v) is 9.02. The number of fused-ring (bicyclic) bond motifs is 2. The molecule has 11 heteroatoms. The molecule has 0 radical (unpaired) electrons. The van der Waals surface area contributed by atoms with Gasteiger partial charge in [0.05, 0.1) is 0 Å². The first-order valence-electron chi connectivity index (χ1n) is 16.0. The van der Waals surface area contributed by atoms with Crippen LogP contribution in [-0.4, -0.2) is 64.0 Å². The number of aromatic nitrogens is 1. The summed E-state index contributed by atoms with van der Waals surface area (Å²) in [5, 5.41) is 8.83. The van der Waals surface area contributed by atoms with Crippen LogP contribution in [0.25, 0.3) is 10.9 Å². The van der Waals surface area contributed by atoms with Crippen molar-refractivity contribution >= 4 is 40.3 Å². The summed E-state index contributed by atoms with van der Waals surface area (Å²) in [4.78, 5) is 85.4. The number of ketones is 1. The number of nitrogens with one attached hydrogen (secondary N) is 4. The smallest absolute Gasteiger partial charge is 0.248 e. The van der Waals surface area contributed by atoms with Gasteiger partial charge in [0.25, 0.3) is 0 Å². The van der Waals surface area contributed by atoms with Gasteiger partial charge in [-0.2, -0.15) is 0 Å². The van der Waals surface area contributed by atoms with Crippen molar-refractivity contribution in [3.05, 3.63) is 46.2 Å². The van der Waals surface area contributed by atoms with Crippen molar-refractivity contribution < 1.29 is 24.0 Å². The van der Waals surface area contributed by atoms with E-state index in [1.165, 1.54) is 6.20 Å². The Hall–Kier alpha value is -4.02. The minimum absolute atomic E-state index is 0.0287. The predicted octanol–water partition coefficient (Wildman–Crippen LogP) is 3.03. The van der Waals surface area contributed by atoms with Gasteiger partial charge in [0.1, 0.15) is 30.0 Å². The normalized spacial score (nSPS) is 23.9. The first-order chi connectivity index (χ1) is 21.2. The van der Waals surface area contributed by atoms with Crippen molar-refractivity contribution in [2.75, 3.05) is 6.54 Å². The molecule has 1 aromatic carbocycles. The molecule has 2 aromatic rings. The molecular formula is C33H45N5O6. The topological polar surface area (TPSA) is 158 Å². The number of rotatable bonds is 10. The van der Waals surface area contributed by atoms with Crippen LogP contribution in [0.5, 0.6) is 0 Å². The number of pyridine rings is 1. The molecule has 2 saturated heterocycles. The van der Waals surface area contributed by atoms with Gasteiger partial charge < -0.3 is 25.8 Å². The van der Waals surface area contributed by atoms with E-state index in [2.05, 4.69) is 20.9 Å². The first-order valence-corrected chi connectivity index (χ1v) is 16.0. The standard InChI is InChI=1S/C33H45N5O6/c1-4-20(3)27-33(44)38-18-12-11-17-26(38)31(42)35-25(16-8-6-7-13-21(39)5-2)30(41)37-28(32(43)36-27)23-19-34-24-15-10-9-14-22(24)29(23)40/h9-10,14-15,19-20,25-28H,4-8,11-13,16-18H2,1-3H3,(H,34,40)(H,35,42)(H,36,43)(H,37,41)/t20?,25-,26+,27-,28-/m0/s1. The maximum absolute atomic E-state index is 14.0. The SMILES string of the molecule is CCC(=O)CCCCC[C@@H]1NC(=O)[C@H]2CCCCN2C(=O)[C@H](C(C)CC)NC(=O)[C@H](c2c[nH]c3ccccc3c2=O)NC1=O. The molecule has 1 unspecified atom stereocenters. The van der Waals surface area contributed by atoms with E-state index in [1.807, 2.05) is 20.8 Å². The number of benzene rings is 1. The second kappa shape index (κ2) is 15.1. The van der Waals surface area contributed by atoms with Gasteiger partial charge in [-0.05, 0) is 50.2 Å². The number of amides is 4. The Morgan fingerprint density at radius 1 is 0.932 bits per heavy atom. The van der Waals surface area contributed by atoms with Crippen molar-refractivity contribution in [1.29, 1.82) is 0 Å². The zero-order valence-corrected chi connectivity index (χ0v) is 25.9. The van der Waals surface area contributed by atoms with Gasteiger partial charge in [0, 0.05) is 42.0 Å². The zero-order valence-electron chi connectivity index (χ0n) is 25.9. The van der Waals surface area contributed by atoms with Crippen LogP contribution < -0.4 is 21.4 Å². The fourth-order valence-electron chi connectivity index (χ4n) is 6.05. The van der Waals surface area contributed by atoms with E-state index in [0.717, 1.165) is 12.8 Å². The highest BCUT2D eigenvalue weighted by Gasteiger charge is 2.41. The van der Waals surface area contributed by atoms with Gasteiger partial charge in [0.2, 0.25) is 23.6 Å². The molecule has 0 spiro atoms. The molecule has 2 aliphatic heterocycles. The van der Waals surface area contributed by atoms with Crippen molar-refractivity contribution in [2.24, 2.45) is 5.92 Å². The van der Waals surface area contributed by atoms with Crippen LogP contribution in [0.3, 0.4) is 0 Å². The highest BCUT2D eigenvalue weighted by molar-refractivity contribution is 5.98. The number of nitrogens with zero attached hydrogens (tertiary/aromatic N) is 1. The maximum Gasteiger partial charge on any atom is 0.248 e. The van der Waals surface area contributed by atoms with E-state index in [-0.39, 0.29) is 29.6 Å². The minimum atomic E-state index is -1.41. The fourth-order valence-corrected chi connectivity index (χ4v) is 6.05. The van der Waals surface area contributed by atoms with Gasteiger partial charge in [-0.1, -0.05) is 52.2 Å². The molecule has 2 aliphatic rings.